The quantitative estimate of drug-likeness (QED) is 0.505. The summed E-state index contributed by atoms with van der Waals surface area (Å²) in [5, 5.41) is 7.42. The number of hydrogen-bond donors (Lipinski definition) is 2. The minimum absolute atomic E-state index is 0.0288. The van der Waals surface area contributed by atoms with E-state index < -0.39 is 0 Å². The fourth-order valence-electron chi connectivity index (χ4n) is 4.78. The third-order valence-corrected chi connectivity index (χ3v) is 6.67. The van der Waals surface area contributed by atoms with Crippen molar-refractivity contribution in [2.45, 2.75) is 57.9 Å². The fourth-order valence-corrected chi connectivity index (χ4v) is 5.05. The van der Waals surface area contributed by atoms with E-state index in [0.717, 1.165) is 17.5 Å². The molecule has 0 heterocycles. The maximum absolute atomic E-state index is 12.9. The molecule has 3 atom stereocenters. The van der Waals surface area contributed by atoms with E-state index in [0.29, 0.717) is 22.3 Å². The van der Waals surface area contributed by atoms with Crippen LogP contribution in [-0.2, 0) is 5.41 Å². The fraction of sp³-hybridized carbons (Fsp3) is 0.440. The van der Waals surface area contributed by atoms with Gasteiger partial charge >= 0.3 is 0 Å². The molecule has 0 spiro atoms. The molecule has 2 saturated carbocycles. The lowest BCUT2D eigenvalue weighted by molar-refractivity contribution is 0.103. The van der Waals surface area contributed by atoms with Gasteiger partial charge in [0.1, 0.15) is 0 Å². The molecule has 0 radical (unpaired) electrons. The topological polar surface area (TPSA) is 41.1 Å². The molecule has 2 fully saturated rings. The molecule has 29 heavy (non-hydrogen) atoms. The third kappa shape index (κ3) is 4.53. The van der Waals surface area contributed by atoms with Crippen molar-refractivity contribution in [3.8, 4) is 0 Å². The van der Waals surface area contributed by atoms with Crippen LogP contribution in [0.4, 0.5) is 5.69 Å². The molecule has 0 saturated heterocycles. The molecule has 0 amide bonds. The smallest absolute Gasteiger partial charge is 0.193 e. The number of rotatable bonds is 4. The van der Waals surface area contributed by atoms with Gasteiger partial charge in [-0.25, -0.2) is 0 Å². The summed E-state index contributed by atoms with van der Waals surface area (Å²) < 4.78 is 0. The Morgan fingerprint density at radius 2 is 1.76 bits per heavy atom. The SMILES string of the molecule is CC(C)(C)c1ccc(C(=O)c2cccc(NC(=S)N[C@H]3C[C@H]4CC[C@@H]3C4)c2)cc1. The highest BCUT2D eigenvalue weighted by atomic mass is 32.1. The number of nitrogens with one attached hydrogen (secondary N) is 2. The van der Waals surface area contributed by atoms with Crippen LogP contribution < -0.4 is 10.6 Å². The zero-order valence-electron chi connectivity index (χ0n) is 17.5. The first-order valence-corrected chi connectivity index (χ1v) is 11.0. The first-order chi connectivity index (χ1) is 13.8. The number of thiocarbonyl (C=S) groups is 1. The zero-order valence-corrected chi connectivity index (χ0v) is 18.3. The molecule has 0 aromatic heterocycles. The number of carbonyl (C=O) groups is 1. The van der Waals surface area contributed by atoms with Crippen molar-refractivity contribution >= 4 is 28.8 Å². The van der Waals surface area contributed by atoms with Crippen molar-refractivity contribution in [3.05, 3.63) is 65.2 Å². The summed E-state index contributed by atoms with van der Waals surface area (Å²) in [5.41, 5.74) is 3.52. The third-order valence-electron chi connectivity index (χ3n) is 6.45. The largest absolute Gasteiger partial charge is 0.359 e. The molecule has 2 aromatic carbocycles. The number of ketones is 1. The van der Waals surface area contributed by atoms with Crippen LogP contribution in [0.15, 0.2) is 48.5 Å². The highest BCUT2D eigenvalue weighted by molar-refractivity contribution is 7.80. The van der Waals surface area contributed by atoms with Gasteiger partial charge in [-0.1, -0.05) is 63.6 Å². The van der Waals surface area contributed by atoms with Crippen molar-refractivity contribution in [2.24, 2.45) is 11.8 Å². The number of benzene rings is 2. The van der Waals surface area contributed by atoms with Crippen LogP contribution in [0.2, 0.25) is 0 Å². The summed E-state index contributed by atoms with van der Waals surface area (Å²) in [7, 11) is 0. The lowest BCUT2D eigenvalue weighted by atomic mass is 9.86. The van der Waals surface area contributed by atoms with E-state index in [4.69, 9.17) is 12.2 Å². The second-order valence-corrected chi connectivity index (χ2v) is 10.0. The van der Waals surface area contributed by atoms with E-state index in [1.54, 1.807) is 0 Å². The van der Waals surface area contributed by atoms with Gasteiger partial charge in [0, 0.05) is 22.9 Å². The van der Waals surface area contributed by atoms with Crippen molar-refractivity contribution in [1.82, 2.24) is 5.32 Å². The van der Waals surface area contributed by atoms with Crippen molar-refractivity contribution in [1.29, 1.82) is 0 Å². The minimum atomic E-state index is 0.0288. The maximum atomic E-state index is 12.9. The van der Waals surface area contributed by atoms with Crippen LogP contribution in [-0.4, -0.2) is 16.9 Å². The summed E-state index contributed by atoms with van der Waals surface area (Å²) in [6, 6.07) is 16.0. The van der Waals surface area contributed by atoms with E-state index in [9.17, 15) is 4.79 Å². The molecular weight excluding hydrogens is 376 g/mol. The van der Waals surface area contributed by atoms with Crippen LogP contribution in [0.25, 0.3) is 0 Å². The van der Waals surface area contributed by atoms with Gasteiger partial charge in [0.15, 0.2) is 10.9 Å². The van der Waals surface area contributed by atoms with Gasteiger partial charge in [-0.05, 0) is 66.4 Å². The Morgan fingerprint density at radius 3 is 2.38 bits per heavy atom. The highest BCUT2D eigenvalue weighted by Gasteiger charge is 2.39. The van der Waals surface area contributed by atoms with Crippen LogP contribution in [0.1, 0.15) is 67.9 Å². The lowest BCUT2D eigenvalue weighted by Gasteiger charge is -2.24. The Labute approximate surface area is 179 Å². The molecule has 2 aliphatic carbocycles. The first-order valence-electron chi connectivity index (χ1n) is 10.6. The Balaban J connectivity index is 1.41. The molecular formula is C25H30N2OS. The summed E-state index contributed by atoms with van der Waals surface area (Å²) in [6.07, 6.45) is 5.28. The zero-order chi connectivity index (χ0) is 20.6. The number of fused-ring (bicyclic) bond motifs is 2. The molecule has 4 rings (SSSR count). The monoisotopic (exact) mass is 406 g/mol. The second kappa shape index (κ2) is 7.91. The number of anilines is 1. The van der Waals surface area contributed by atoms with Crippen LogP contribution >= 0.6 is 12.2 Å². The molecule has 4 heteroatoms. The molecule has 3 nitrogen and oxygen atoms in total. The van der Waals surface area contributed by atoms with E-state index in [1.165, 1.54) is 31.2 Å². The normalized spacial score (nSPS) is 23.1. The van der Waals surface area contributed by atoms with Gasteiger partial charge in [0.05, 0.1) is 0 Å². The minimum Gasteiger partial charge on any atom is -0.359 e. The van der Waals surface area contributed by atoms with Crippen LogP contribution in [0, 0.1) is 11.8 Å². The summed E-state index contributed by atoms with van der Waals surface area (Å²) in [6.45, 7) is 6.52. The van der Waals surface area contributed by atoms with Crippen LogP contribution in [0.5, 0.6) is 0 Å². The van der Waals surface area contributed by atoms with Gasteiger partial charge in [0.25, 0.3) is 0 Å². The van der Waals surface area contributed by atoms with Crippen molar-refractivity contribution in [3.63, 3.8) is 0 Å². The standard InChI is InChI=1S/C25H30N2OS/c1-25(2,3)20-11-9-17(10-12-20)23(28)19-5-4-6-21(15-19)26-24(29)27-22-14-16-7-8-18(22)13-16/h4-6,9-12,15-16,18,22H,7-8,13-14H2,1-3H3,(H2,26,27,29)/t16-,18+,22-/m0/s1. The molecule has 152 valence electrons. The average molecular weight is 407 g/mol. The van der Waals surface area contributed by atoms with Crippen molar-refractivity contribution < 1.29 is 4.79 Å². The van der Waals surface area contributed by atoms with E-state index in [1.807, 2.05) is 48.5 Å². The lowest BCUT2D eigenvalue weighted by Crippen LogP contribution is -2.40. The second-order valence-electron chi connectivity index (χ2n) is 9.62. The Morgan fingerprint density at radius 1 is 1.00 bits per heavy atom. The Bertz CT molecular complexity index is 913. The van der Waals surface area contributed by atoms with Gasteiger partial charge in [-0.2, -0.15) is 0 Å². The van der Waals surface area contributed by atoms with E-state index >= 15 is 0 Å². The predicted molar refractivity (Wildman–Crippen MR) is 124 cm³/mol. The van der Waals surface area contributed by atoms with Gasteiger partial charge in [-0.3, -0.25) is 4.79 Å². The van der Waals surface area contributed by atoms with E-state index in [2.05, 4.69) is 31.4 Å². The van der Waals surface area contributed by atoms with Gasteiger partial charge in [-0.15, -0.1) is 0 Å². The van der Waals surface area contributed by atoms with Gasteiger partial charge in [0.2, 0.25) is 0 Å². The molecule has 2 aliphatic rings. The molecule has 0 aliphatic heterocycles. The maximum Gasteiger partial charge on any atom is 0.193 e. The molecule has 2 bridgehead atoms. The predicted octanol–water partition coefficient (Wildman–Crippen LogP) is 5.69. The van der Waals surface area contributed by atoms with Crippen LogP contribution in [0.3, 0.4) is 0 Å². The molecule has 2 N–H and O–H groups in total. The number of hydrogen-bond acceptors (Lipinski definition) is 2. The summed E-state index contributed by atoms with van der Waals surface area (Å²) in [5.74, 6) is 1.68. The average Bonchev–Trinajstić information content (AvgIpc) is 3.30. The number of carbonyl (C=O) groups excluding carboxylic acids is 1. The van der Waals surface area contributed by atoms with E-state index in [-0.39, 0.29) is 11.2 Å². The Kier molecular flexibility index (Phi) is 5.48. The highest BCUT2D eigenvalue weighted by Crippen LogP contribution is 2.44. The Hall–Kier alpha value is -2.20. The summed E-state index contributed by atoms with van der Waals surface area (Å²) >= 11 is 5.53. The van der Waals surface area contributed by atoms with Crippen molar-refractivity contribution in [2.75, 3.05) is 5.32 Å². The first kappa shape index (κ1) is 20.1. The molecule has 0 unspecified atom stereocenters. The molecule has 2 aromatic rings. The van der Waals surface area contributed by atoms with Gasteiger partial charge < -0.3 is 10.6 Å². The summed E-state index contributed by atoms with van der Waals surface area (Å²) in [4.78, 5) is 12.9.